The second-order valence-corrected chi connectivity index (χ2v) is 7.95. The average molecular weight is 386 g/mol. The number of hydrogen-bond donors (Lipinski definition) is 2. The van der Waals surface area contributed by atoms with Crippen LogP contribution in [0.2, 0.25) is 0 Å². The van der Waals surface area contributed by atoms with Crippen molar-refractivity contribution < 1.29 is 26.4 Å². The third-order valence-corrected chi connectivity index (χ3v) is 5.53. The summed E-state index contributed by atoms with van der Waals surface area (Å²) < 4.78 is 62.4. The van der Waals surface area contributed by atoms with Gasteiger partial charge in [0.1, 0.15) is 5.82 Å². The topological polar surface area (TPSA) is 101 Å². The molecule has 1 aliphatic heterocycles. The zero-order chi connectivity index (χ0) is 18.9. The Morgan fingerprint density at radius 1 is 1.08 bits per heavy atom. The van der Waals surface area contributed by atoms with E-state index in [4.69, 9.17) is 0 Å². The van der Waals surface area contributed by atoms with Gasteiger partial charge in [-0.3, -0.25) is 4.79 Å². The lowest BCUT2D eigenvalue weighted by molar-refractivity contribution is 0.102. The maximum atomic E-state index is 13.6. The molecule has 2 aromatic rings. The second-order valence-electron chi connectivity index (χ2n) is 5.73. The molecule has 1 amide bonds. The van der Waals surface area contributed by atoms with E-state index in [1.807, 2.05) is 0 Å². The van der Waals surface area contributed by atoms with Gasteiger partial charge in [0.05, 0.1) is 17.2 Å². The summed E-state index contributed by atoms with van der Waals surface area (Å²) in [7, 11) is -3.05. The number of halogens is 3. The molecule has 11 heteroatoms. The van der Waals surface area contributed by atoms with Gasteiger partial charge >= 0.3 is 0 Å². The van der Waals surface area contributed by atoms with E-state index in [0.29, 0.717) is 12.5 Å². The van der Waals surface area contributed by atoms with Crippen molar-refractivity contribution in [1.82, 2.24) is 10.2 Å². The number of nitrogens with zero attached hydrogens (tertiary/aromatic N) is 2. The summed E-state index contributed by atoms with van der Waals surface area (Å²) in [5, 5.41) is 12.4. The summed E-state index contributed by atoms with van der Waals surface area (Å²) in [6, 6.07) is 3.98. The summed E-state index contributed by atoms with van der Waals surface area (Å²) in [5.41, 5.74) is -0.715. The molecule has 26 heavy (non-hydrogen) atoms. The van der Waals surface area contributed by atoms with Crippen LogP contribution < -0.4 is 10.6 Å². The Morgan fingerprint density at radius 2 is 1.85 bits per heavy atom. The number of anilines is 2. The molecular weight excluding hydrogens is 373 g/mol. The largest absolute Gasteiger partial charge is 0.365 e. The van der Waals surface area contributed by atoms with Gasteiger partial charge < -0.3 is 10.6 Å². The smallest absolute Gasteiger partial charge is 0.276 e. The molecule has 0 bridgehead atoms. The van der Waals surface area contributed by atoms with Crippen LogP contribution in [0.25, 0.3) is 0 Å². The van der Waals surface area contributed by atoms with Crippen LogP contribution in [0.1, 0.15) is 16.9 Å². The van der Waals surface area contributed by atoms with Crippen molar-refractivity contribution in [3.05, 3.63) is 47.4 Å². The van der Waals surface area contributed by atoms with E-state index in [9.17, 15) is 26.4 Å². The number of amides is 1. The van der Waals surface area contributed by atoms with Crippen molar-refractivity contribution in [2.24, 2.45) is 0 Å². The molecule has 1 unspecified atom stereocenters. The first-order chi connectivity index (χ1) is 12.2. The van der Waals surface area contributed by atoms with Crippen molar-refractivity contribution in [3.63, 3.8) is 0 Å². The highest BCUT2D eigenvalue weighted by atomic mass is 32.2. The van der Waals surface area contributed by atoms with Gasteiger partial charge in [0, 0.05) is 6.04 Å². The Morgan fingerprint density at radius 3 is 2.46 bits per heavy atom. The summed E-state index contributed by atoms with van der Waals surface area (Å²) in [6.07, 6.45) is 0.446. The van der Waals surface area contributed by atoms with Crippen LogP contribution in [0, 0.1) is 17.5 Å². The number of benzene rings is 1. The lowest BCUT2D eigenvalue weighted by Crippen LogP contribution is -2.22. The van der Waals surface area contributed by atoms with E-state index in [2.05, 4.69) is 20.8 Å². The van der Waals surface area contributed by atoms with E-state index < -0.39 is 38.9 Å². The Labute approximate surface area is 146 Å². The molecule has 1 saturated heterocycles. The fourth-order valence-corrected chi connectivity index (χ4v) is 4.13. The highest BCUT2D eigenvalue weighted by Crippen LogP contribution is 2.20. The number of carbonyl (C=O) groups is 1. The fraction of sp³-hybridized carbons (Fsp3) is 0.267. The molecule has 1 aliphatic rings. The summed E-state index contributed by atoms with van der Waals surface area (Å²) in [5.74, 6) is -5.08. The van der Waals surface area contributed by atoms with E-state index in [0.717, 1.165) is 6.07 Å². The molecule has 138 valence electrons. The van der Waals surface area contributed by atoms with Crippen LogP contribution in [-0.4, -0.2) is 42.1 Å². The van der Waals surface area contributed by atoms with Gasteiger partial charge in [-0.15, -0.1) is 10.2 Å². The molecule has 3 rings (SSSR count). The predicted molar refractivity (Wildman–Crippen MR) is 87.0 cm³/mol. The van der Waals surface area contributed by atoms with E-state index in [-0.39, 0.29) is 29.1 Å². The highest BCUT2D eigenvalue weighted by Gasteiger charge is 2.28. The third kappa shape index (κ3) is 3.93. The Hall–Kier alpha value is -2.69. The van der Waals surface area contributed by atoms with Crippen molar-refractivity contribution in [2.75, 3.05) is 22.1 Å². The number of nitrogens with one attached hydrogen (secondary N) is 2. The van der Waals surface area contributed by atoms with Crippen LogP contribution in [0.3, 0.4) is 0 Å². The minimum Gasteiger partial charge on any atom is -0.365 e. The number of carbonyl (C=O) groups excluding carboxylic acids is 1. The van der Waals surface area contributed by atoms with Crippen molar-refractivity contribution in [3.8, 4) is 0 Å². The van der Waals surface area contributed by atoms with Crippen LogP contribution in [0.5, 0.6) is 0 Å². The van der Waals surface area contributed by atoms with Gasteiger partial charge in [0.15, 0.2) is 33.0 Å². The van der Waals surface area contributed by atoms with Gasteiger partial charge in [0.25, 0.3) is 5.91 Å². The summed E-state index contributed by atoms with van der Waals surface area (Å²) in [4.78, 5) is 12.0. The van der Waals surface area contributed by atoms with Crippen LogP contribution >= 0.6 is 0 Å². The molecule has 0 spiro atoms. The molecule has 0 aliphatic carbocycles. The van der Waals surface area contributed by atoms with Crippen molar-refractivity contribution >= 4 is 27.2 Å². The molecule has 1 atom stereocenters. The molecule has 2 N–H and O–H groups in total. The molecule has 0 saturated carbocycles. The zero-order valence-corrected chi connectivity index (χ0v) is 14.0. The third-order valence-electron chi connectivity index (χ3n) is 3.77. The first-order valence-electron chi connectivity index (χ1n) is 7.51. The van der Waals surface area contributed by atoms with Crippen molar-refractivity contribution in [1.29, 1.82) is 0 Å². The van der Waals surface area contributed by atoms with Gasteiger partial charge in [-0.1, -0.05) is 0 Å². The number of aromatic nitrogens is 2. The first-order valence-corrected chi connectivity index (χ1v) is 9.33. The van der Waals surface area contributed by atoms with E-state index in [1.165, 1.54) is 12.1 Å². The number of rotatable bonds is 4. The monoisotopic (exact) mass is 386 g/mol. The minimum atomic E-state index is -3.05. The van der Waals surface area contributed by atoms with Crippen LogP contribution in [0.15, 0.2) is 24.3 Å². The Balaban J connectivity index is 1.67. The molecule has 7 nitrogen and oxygen atoms in total. The van der Waals surface area contributed by atoms with Crippen molar-refractivity contribution in [2.45, 2.75) is 12.5 Å². The van der Waals surface area contributed by atoms with Crippen LogP contribution in [0.4, 0.5) is 24.7 Å². The molecule has 0 radical (unpaired) electrons. The summed E-state index contributed by atoms with van der Waals surface area (Å²) in [6.45, 7) is 0. The zero-order valence-electron chi connectivity index (χ0n) is 13.2. The molecule has 2 heterocycles. The SMILES string of the molecule is O=C(Nc1ccc(F)c(F)c1F)c1ccc(NC2CCS(=O)(=O)C2)nn1. The first kappa shape index (κ1) is 18.1. The number of sulfone groups is 1. The Bertz CT molecular complexity index is 951. The molecular formula is C15H13F3N4O3S. The second kappa shape index (κ2) is 6.90. The van der Waals surface area contributed by atoms with Crippen LogP contribution in [-0.2, 0) is 9.84 Å². The van der Waals surface area contributed by atoms with E-state index >= 15 is 0 Å². The van der Waals surface area contributed by atoms with Gasteiger partial charge in [-0.2, -0.15) is 0 Å². The average Bonchev–Trinajstić information content (AvgIpc) is 2.94. The van der Waals surface area contributed by atoms with Gasteiger partial charge in [-0.05, 0) is 30.7 Å². The van der Waals surface area contributed by atoms with Gasteiger partial charge in [0.2, 0.25) is 0 Å². The molecule has 1 fully saturated rings. The minimum absolute atomic E-state index is 0.00761. The maximum absolute atomic E-state index is 13.6. The Kier molecular flexibility index (Phi) is 4.81. The predicted octanol–water partition coefficient (Wildman–Crippen LogP) is 1.75. The van der Waals surface area contributed by atoms with Gasteiger partial charge in [-0.25, -0.2) is 21.6 Å². The fourth-order valence-electron chi connectivity index (χ4n) is 2.46. The quantitative estimate of drug-likeness (QED) is 0.777. The van der Waals surface area contributed by atoms with E-state index in [1.54, 1.807) is 0 Å². The lowest BCUT2D eigenvalue weighted by atomic mass is 10.2. The standard InChI is InChI=1S/C15H13F3N4O3S/c16-9-1-2-10(14(18)13(9)17)20-15(23)11-3-4-12(22-21-11)19-8-5-6-26(24,25)7-8/h1-4,8H,5-7H2,(H,19,22)(H,20,23). The highest BCUT2D eigenvalue weighted by molar-refractivity contribution is 7.91. The lowest BCUT2D eigenvalue weighted by Gasteiger charge is -2.11. The molecule has 1 aromatic carbocycles. The normalized spacial score (nSPS) is 18.5. The maximum Gasteiger partial charge on any atom is 0.276 e. The number of hydrogen-bond acceptors (Lipinski definition) is 6. The summed E-state index contributed by atoms with van der Waals surface area (Å²) >= 11 is 0. The molecule has 1 aromatic heterocycles.